The van der Waals surface area contributed by atoms with Crippen LogP contribution in [0.3, 0.4) is 0 Å². The topological polar surface area (TPSA) is 41.5 Å². The highest BCUT2D eigenvalue weighted by Crippen LogP contribution is 2.30. The van der Waals surface area contributed by atoms with Gasteiger partial charge in [-0.3, -0.25) is 0 Å². The minimum Gasteiger partial charge on any atom is -0.396 e. The van der Waals surface area contributed by atoms with Gasteiger partial charge in [0, 0.05) is 25.3 Å². The first kappa shape index (κ1) is 14.3. The molecule has 2 fully saturated rings. The number of hydrogen-bond donors (Lipinski definition) is 2. The van der Waals surface area contributed by atoms with E-state index in [9.17, 15) is 5.11 Å². The fraction of sp³-hybridized carbons (Fsp3) is 1.00. The van der Waals surface area contributed by atoms with Crippen molar-refractivity contribution in [3.63, 3.8) is 0 Å². The van der Waals surface area contributed by atoms with Gasteiger partial charge in [0.15, 0.2) is 0 Å². The lowest BCUT2D eigenvalue weighted by Gasteiger charge is -2.41. The van der Waals surface area contributed by atoms with Gasteiger partial charge >= 0.3 is 0 Å². The molecule has 0 aromatic rings. The van der Waals surface area contributed by atoms with Crippen LogP contribution in [0.5, 0.6) is 0 Å². The van der Waals surface area contributed by atoms with Crippen LogP contribution in [-0.4, -0.2) is 36.0 Å². The molecular formula is C15H29NO2. The maximum atomic E-state index is 9.48. The third-order valence-corrected chi connectivity index (χ3v) is 4.94. The second-order valence-corrected chi connectivity index (χ2v) is 6.34. The molecule has 1 saturated carbocycles. The Hall–Kier alpha value is -0.120. The van der Waals surface area contributed by atoms with Gasteiger partial charge in [0.1, 0.15) is 0 Å². The van der Waals surface area contributed by atoms with E-state index in [-0.39, 0.29) is 5.60 Å². The highest BCUT2D eigenvalue weighted by atomic mass is 16.5. The predicted octanol–water partition coefficient (Wildman–Crippen LogP) is 2.47. The van der Waals surface area contributed by atoms with Crippen LogP contribution in [0.4, 0.5) is 0 Å². The van der Waals surface area contributed by atoms with Gasteiger partial charge in [0.2, 0.25) is 0 Å². The largest absolute Gasteiger partial charge is 0.396 e. The van der Waals surface area contributed by atoms with Gasteiger partial charge in [-0.25, -0.2) is 0 Å². The van der Waals surface area contributed by atoms with Crippen molar-refractivity contribution in [3.8, 4) is 0 Å². The summed E-state index contributed by atoms with van der Waals surface area (Å²) < 4.78 is 5.90. The van der Waals surface area contributed by atoms with Gasteiger partial charge in [-0.15, -0.1) is 0 Å². The van der Waals surface area contributed by atoms with E-state index in [0.717, 1.165) is 25.9 Å². The molecule has 2 aliphatic rings. The fourth-order valence-corrected chi connectivity index (χ4v) is 3.47. The average Bonchev–Trinajstić information content (AvgIpc) is 2.39. The minimum atomic E-state index is 0.0549. The third kappa shape index (κ3) is 3.46. The molecule has 2 N–H and O–H groups in total. The first-order valence-corrected chi connectivity index (χ1v) is 7.68. The molecule has 1 heterocycles. The standard InChI is InChI=1S/C15H29NO2/c1-3-15(2)10-13(8-9-18-15)16-14-7-5-4-6-12(14)11-17/h12-14,16-17H,3-11H2,1-2H3. The van der Waals surface area contributed by atoms with Crippen molar-refractivity contribution in [3.05, 3.63) is 0 Å². The van der Waals surface area contributed by atoms with Crippen LogP contribution in [0.1, 0.15) is 58.8 Å². The summed E-state index contributed by atoms with van der Waals surface area (Å²) in [5.41, 5.74) is 0.0549. The van der Waals surface area contributed by atoms with Crippen molar-refractivity contribution in [2.75, 3.05) is 13.2 Å². The molecule has 0 bridgehead atoms. The number of rotatable bonds is 4. The maximum absolute atomic E-state index is 9.48. The van der Waals surface area contributed by atoms with Gasteiger partial charge in [0.25, 0.3) is 0 Å². The third-order valence-electron chi connectivity index (χ3n) is 4.94. The number of nitrogens with one attached hydrogen (secondary N) is 1. The van der Waals surface area contributed by atoms with E-state index >= 15 is 0 Å². The van der Waals surface area contributed by atoms with Crippen molar-refractivity contribution in [2.24, 2.45) is 5.92 Å². The van der Waals surface area contributed by atoms with Crippen LogP contribution in [0.25, 0.3) is 0 Å². The molecule has 0 radical (unpaired) electrons. The summed E-state index contributed by atoms with van der Waals surface area (Å²) >= 11 is 0. The molecule has 0 spiro atoms. The first-order valence-electron chi connectivity index (χ1n) is 7.68. The van der Waals surface area contributed by atoms with Gasteiger partial charge in [0.05, 0.1) is 5.60 Å². The van der Waals surface area contributed by atoms with Crippen molar-refractivity contribution in [1.82, 2.24) is 5.32 Å². The molecule has 0 amide bonds. The molecule has 2 rings (SSSR count). The highest BCUT2D eigenvalue weighted by molar-refractivity contribution is 4.90. The van der Waals surface area contributed by atoms with Crippen LogP contribution in [0.2, 0.25) is 0 Å². The molecule has 106 valence electrons. The molecule has 0 aromatic heterocycles. The predicted molar refractivity (Wildman–Crippen MR) is 73.6 cm³/mol. The summed E-state index contributed by atoms with van der Waals surface area (Å²) in [6.45, 7) is 5.65. The first-order chi connectivity index (χ1) is 8.67. The summed E-state index contributed by atoms with van der Waals surface area (Å²) in [5, 5.41) is 13.3. The van der Waals surface area contributed by atoms with E-state index in [1.165, 1.54) is 25.7 Å². The minimum absolute atomic E-state index is 0.0549. The Morgan fingerprint density at radius 2 is 2.06 bits per heavy atom. The Morgan fingerprint density at radius 1 is 1.28 bits per heavy atom. The number of aliphatic hydroxyl groups is 1. The molecule has 1 aliphatic heterocycles. The van der Waals surface area contributed by atoms with E-state index in [2.05, 4.69) is 19.2 Å². The van der Waals surface area contributed by atoms with E-state index in [1.807, 2.05) is 0 Å². The van der Waals surface area contributed by atoms with Gasteiger partial charge < -0.3 is 15.2 Å². The van der Waals surface area contributed by atoms with Crippen molar-refractivity contribution in [1.29, 1.82) is 0 Å². The number of hydrogen-bond acceptors (Lipinski definition) is 3. The lowest BCUT2D eigenvalue weighted by Crippen LogP contribution is -2.51. The lowest BCUT2D eigenvalue weighted by atomic mass is 9.83. The Kier molecular flexibility index (Phi) is 5.05. The molecule has 3 nitrogen and oxygen atoms in total. The van der Waals surface area contributed by atoms with E-state index in [0.29, 0.717) is 24.6 Å². The van der Waals surface area contributed by atoms with Crippen molar-refractivity contribution in [2.45, 2.75) is 76.5 Å². The summed E-state index contributed by atoms with van der Waals surface area (Å²) in [4.78, 5) is 0. The Morgan fingerprint density at radius 3 is 2.78 bits per heavy atom. The summed E-state index contributed by atoms with van der Waals surface area (Å²) in [6.07, 6.45) is 8.31. The number of ether oxygens (including phenoxy) is 1. The van der Waals surface area contributed by atoms with Crippen LogP contribution in [0.15, 0.2) is 0 Å². The Bertz CT molecular complexity index is 259. The second-order valence-electron chi connectivity index (χ2n) is 6.34. The van der Waals surface area contributed by atoms with Crippen LogP contribution >= 0.6 is 0 Å². The fourth-order valence-electron chi connectivity index (χ4n) is 3.47. The monoisotopic (exact) mass is 255 g/mol. The molecule has 4 atom stereocenters. The zero-order chi connectivity index (χ0) is 13.0. The Labute approximate surface area is 111 Å². The van der Waals surface area contributed by atoms with Crippen molar-refractivity contribution >= 4 is 0 Å². The van der Waals surface area contributed by atoms with Gasteiger partial charge in [-0.1, -0.05) is 19.8 Å². The zero-order valence-corrected chi connectivity index (χ0v) is 12.0. The highest BCUT2D eigenvalue weighted by Gasteiger charge is 2.34. The molecule has 1 saturated heterocycles. The second kappa shape index (κ2) is 6.36. The van der Waals surface area contributed by atoms with E-state index in [4.69, 9.17) is 4.74 Å². The lowest BCUT2D eigenvalue weighted by molar-refractivity contribution is -0.0806. The SMILES string of the molecule is CCC1(C)CC(NC2CCCCC2CO)CCO1. The van der Waals surface area contributed by atoms with Crippen LogP contribution in [-0.2, 0) is 4.74 Å². The molecule has 3 heteroatoms. The van der Waals surface area contributed by atoms with Crippen LogP contribution in [0, 0.1) is 5.92 Å². The van der Waals surface area contributed by atoms with E-state index in [1.54, 1.807) is 0 Å². The molecule has 4 unspecified atom stereocenters. The summed E-state index contributed by atoms with van der Waals surface area (Å²) in [5.74, 6) is 0.467. The summed E-state index contributed by atoms with van der Waals surface area (Å²) in [6, 6.07) is 1.09. The molecule has 18 heavy (non-hydrogen) atoms. The number of aliphatic hydroxyl groups excluding tert-OH is 1. The van der Waals surface area contributed by atoms with Crippen LogP contribution < -0.4 is 5.32 Å². The molecule has 0 aromatic carbocycles. The summed E-state index contributed by atoms with van der Waals surface area (Å²) in [7, 11) is 0. The maximum Gasteiger partial charge on any atom is 0.0666 e. The molecular weight excluding hydrogens is 226 g/mol. The van der Waals surface area contributed by atoms with Crippen molar-refractivity contribution < 1.29 is 9.84 Å². The average molecular weight is 255 g/mol. The Balaban J connectivity index is 1.87. The molecule has 1 aliphatic carbocycles. The quantitative estimate of drug-likeness (QED) is 0.811. The van der Waals surface area contributed by atoms with Gasteiger partial charge in [-0.2, -0.15) is 0 Å². The normalized spacial score (nSPS) is 41.8. The smallest absolute Gasteiger partial charge is 0.0666 e. The van der Waals surface area contributed by atoms with E-state index < -0.39 is 0 Å². The zero-order valence-electron chi connectivity index (χ0n) is 12.0. The van der Waals surface area contributed by atoms with Gasteiger partial charge in [-0.05, 0) is 44.9 Å².